The highest BCUT2D eigenvalue weighted by Gasteiger charge is 2.45. The summed E-state index contributed by atoms with van der Waals surface area (Å²) in [7, 11) is 3.00. The van der Waals surface area contributed by atoms with Crippen molar-refractivity contribution in [1.82, 2.24) is 14.9 Å². The fourth-order valence-electron chi connectivity index (χ4n) is 4.82. The number of halogens is 3. The Morgan fingerprint density at radius 1 is 1.19 bits per heavy atom. The summed E-state index contributed by atoms with van der Waals surface area (Å²) < 4.78 is 37.5. The lowest BCUT2D eigenvalue weighted by Crippen LogP contribution is -2.57. The zero-order valence-electron chi connectivity index (χ0n) is 21.2. The molecule has 2 aliphatic rings. The maximum Gasteiger partial charge on any atom is 0.410 e. The molecule has 2 aliphatic heterocycles. The van der Waals surface area contributed by atoms with Crippen molar-refractivity contribution in [3.8, 4) is 6.01 Å². The standard InChI is InChI=1S/C24H31BrClFN4O5/c1-12(21(33-5)34-6)35-22-28-19-15(9-16(26)17(25)18(19)27)20(29-22)30-10-13-7-8-14(11-30)31(13)23(32)36-24(2,3)4/h9,12-14,21H,7-8,10-11H2,1-6H3. The number of amides is 1. The maximum absolute atomic E-state index is 15.3. The number of piperazine rings is 1. The molecule has 1 aromatic heterocycles. The Morgan fingerprint density at radius 3 is 2.36 bits per heavy atom. The number of hydrogen-bond acceptors (Lipinski definition) is 8. The van der Waals surface area contributed by atoms with E-state index in [-0.39, 0.29) is 39.2 Å². The number of rotatable bonds is 6. The molecule has 198 valence electrons. The SMILES string of the molecule is COC(OC)C(C)Oc1nc(N2CC3CCC(C2)N3C(=O)OC(C)(C)C)c2cc(Cl)c(Br)c(F)c2n1. The Hall–Kier alpha value is -1.95. The number of nitrogens with zero attached hydrogens (tertiary/aromatic N) is 4. The highest BCUT2D eigenvalue weighted by molar-refractivity contribution is 9.10. The summed E-state index contributed by atoms with van der Waals surface area (Å²) in [6.07, 6.45) is 0.136. The van der Waals surface area contributed by atoms with Crippen molar-refractivity contribution < 1.29 is 28.1 Å². The van der Waals surface area contributed by atoms with Crippen LogP contribution in [0.4, 0.5) is 15.0 Å². The summed E-state index contributed by atoms with van der Waals surface area (Å²) >= 11 is 9.51. The number of carbonyl (C=O) groups excluding carboxylic acids is 1. The molecule has 0 N–H and O–H groups in total. The van der Waals surface area contributed by atoms with Gasteiger partial charge in [0.25, 0.3) is 0 Å². The normalized spacial score (nSPS) is 20.8. The average Bonchev–Trinajstić information content (AvgIpc) is 3.07. The Labute approximate surface area is 223 Å². The maximum atomic E-state index is 15.3. The van der Waals surface area contributed by atoms with E-state index in [1.165, 1.54) is 14.2 Å². The number of aromatic nitrogens is 2. The van der Waals surface area contributed by atoms with Crippen LogP contribution in [0.2, 0.25) is 5.02 Å². The summed E-state index contributed by atoms with van der Waals surface area (Å²) in [5.41, 5.74) is -0.504. The van der Waals surface area contributed by atoms with E-state index in [1.807, 2.05) is 30.6 Å². The van der Waals surface area contributed by atoms with Crippen LogP contribution in [-0.4, -0.2) is 78.3 Å². The van der Waals surface area contributed by atoms with Crippen LogP contribution in [0, 0.1) is 5.82 Å². The first-order valence-corrected chi connectivity index (χ1v) is 12.9. The summed E-state index contributed by atoms with van der Waals surface area (Å²) in [6, 6.07) is 1.50. The van der Waals surface area contributed by atoms with E-state index in [0.717, 1.165) is 12.8 Å². The molecule has 0 radical (unpaired) electrons. The van der Waals surface area contributed by atoms with Gasteiger partial charge in [0.05, 0.1) is 21.6 Å². The van der Waals surface area contributed by atoms with Crippen LogP contribution in [0.3, 0.4) is 0 Å². The van der Waals surface area contributed by atoms with Gasteiger partial charge in [0, 0.05) is 32.7 Å². The van der Waals surface area contributed by atoms with Crippen molar-refractivity contribution in [3.63, 3.8) is 0 Å². The quantitative estimate of drug-likeness (QED) is 0.338. The molecule has 0 saturated carbocycles. The lowest BCUT2D eigenvalue weighted by atomic mass is 10.1. The number of benzene rings is 1. The van der Waals surface area contributed by atoms with Crippen molar-refractivity contribution in [2.75, 3.05) is 32.2 Å². The third-order valence-electron chi connectivity index (χ3n) is 6.31. The highest BCUT2D eigenvalue weighted by atomic mass is 79.9. The molecule has 12 heteroatoms. The van der Waals surface area contributed by atoms with E-state index < -0.39 is 23.8 Å². The Balaban J connectivity index is 1.71. The summed E-state index contributed by atoms with van der Waals surface area (Å²) in [4.78, 5) is 25.8. The number of fused-ring (bicyclic) bond motifs is 3. The molecule has 0 aliphatic carbocycles. The number of hydrogen-bond donors (Lipinski definition) is 0. The Bertz CT molecular complexity index is 1130. The highest BCUT2D eigenvalue weighted by Crippen LogP contribution is 2.39. The minimum atomic E-state index is -0.664. The van der Waals surface area contributed by atoms with Crippen molar-refractivity contribution in [1.29, 1.82) is 0 Å². The lowest BCUT2D eigenvalue weighted by Gasteiger charge is -2.42. The average molecular weight is 590 g/mol. The van der Waals surface area contributed by atoms with Gasteiger partial charge in [0.2, 0.25) is 0 Å². The summed E-state index contributed by atoms with van der Waals surface area (Å²) in [5, 5.41) is 0.668. The van der Waals surface area contributed by atoms with E-state index in [1.54, 1.807) is 13.0 Å². The zero-order valence-corrected chi connectivity index (χ0v) is 23.5. The van der Waals surface area contributed by atoms with Crippen LogP contribution < -0.4 is 9.64 Å². The number of methoxy groups -OCH3 is 2. The summed E-state index contributed by atoms with van der Waals surface area (Å²) in [6.45, 7) is 8.32. The number of anilines is 1. The molecule has 2 bridgehead atoms. The van der Waals surface area contributed by atoms with Crippen LogP contribution in [0.5, 0.6) is 6.01 Å². The van der Waals surface area contributed by atoms with Crippen molar-refractivity contribution in [2.45, 2.75) is 70.6 Å². The predicted octanol–water partition coefficient (Wildman–Crippen LogP) is 5.16. The van der Waals surface area contributed by atoms with Crippen LogP contribution in [0.25, 0.3) is 10.9 Å². The van der Waals surface area contributed by atoms with Gasteiger partial charge >= 0.3 is 12.1 Å². The molecule has 3 heterocycles. The van der Waals surface area contributed by atoms with Crippen molar-refractivity contribution >= 4 is 50.3 Å². The van der Waals surface area contributed by atoms with Crippen molar-refractivity contribution in [2.24, 2.45) is 0 Å². The molecule has 3 atom stereocenters. The van der Waals surface area contributed by atoms with Gasteiger partial charge < -0.3 is 23.8 Å². The monoisotopic (exact) mass is 588 g/mol. The fraction of sp³-hybridized carbons (Fsp3) is 0.625. The predicted molar refractivity (Wildman–Crippen MR) is 137 cm³/mol. The van der Waals surface area contributed by atoms with E-state index in [2.05, 4.69) is 25.9 Å². The molecule has 1 amide bonds. The Morgan fingerprint density at radius 2 is 1.81 bits per heavy atom. The van der Waals surface area contributed by atoms with Gasteiger partial charge in [-0.1, -0.05) is 11.6 Å². The second-order valence-corrected chi connectivity index (χ2v) is 11.3. The summed E-state index contributed by atoms with van der Waals surface area (Å²) in [5.74, 6) is -0.119. The number of ether oxygens (including phenoxy) is 4. The van der Waals surface area contributed by atoms with Crippen LogP contribution >= 0.6 is 27.5 Å². The molecule has 2 saturated heterocycles. The second-order valence-electron chi connectivity index (χ2n) is 10.1. The molecule has 36 heavy (non-hydrogen) atoms. The molecule has 0 spiro atoms. The lowest BCUT2D eigenvalue weighted by molar-refractivity contribution is -0.152. The van der Waals surface area contributed by atoms with Gasteiger partial charge in [-0.05, 0) is 62.5 Å². The van der Waals surface area contributed by atoms with Crippen molar-refractivity contribution in [3.05, 3.63) is 21.4 Å². The first-order valence-electron chi connectivity index (χ1n) is 11.8. The smallest absolute Gasteiger partial charge is 0.410 e. The first-order chi connectivity index (χ1) is 16.9. The Kier molecular flexibility index (Phi) is 7.85. The zero-order chi connectivity index (χ0) is 26.4. The number of carbonyl (C=O) groups is 1. The molecule has 3 unspecified atom stereocenters. The molecule has 1 aromatic carbocycles. The molecule has 2 fully saturated rings. The minimum Gasteiger partial charge on any atom is -0.455 e. The van der Waals surface area contributed by atoms with Crippen LogP contribution in [-0.2, 0) is 14.2 Å². The fourth-order valence-corrected chi connectivity index (χ4v) is 5.31. The largest absolute Gasteiger partial charge is 0.455 e. The van der Waals surface area contributed by atoms with E-state index in [4.69, 9.17) is 30.5 Å². The molecule has 9 nitrogen and oxygen atoms in total. The molecule has 2 aromatic rings. The molecular weight excluding hydrogens is 559 g/mol. The third kappa shape index (κ3) is 5.34. The van der Waals surface area contributed by atoms with Gasteiger partial charge in [-0.15, -0.1) is 0 Å². The van der Waals surface area contributed by atoms with Gasteiger partial charge in [0.15, 0.2) is 12.1 Å². The minimum absolute atomic E-state index is 0.0147. The van der Waals surface area contributed by atoms with E-state index >= 15 is 4.39 Å². The third-order valence-corrected chi connectivity index (χ3v) is 7.61. The van der Waals surface area contributed by atoms with Gasteiger partial charge in [-0.2, -0.15) is 9.97 Å². The topological polar surface area (TPSA) is 86.2 Å². The second kappa shape index (κ2) is 10.4. The molecular formula is C24H31BrClFN4O5. The van der Waals surface area contributed by atoms with Crippen LogP contribution in [0.15, 0.2) is 10.5 Å². The first kappa shape index (κ1) is 27.1. The van der Waals surface area contributed by atoms with E-state index in [9.17, 15) is 4.79 Å². The van der Waals surface area contributed by atoms with E-state index in [0.29, 0.717) is 24.3 Å². The van der Waals surface area contributed by atoms with Gasteiger partial charge in [0.1, 0.15) is 23.0 Å². The van der Waals surface area contributed by atoms with Gasteiger partial charge in [-0.25, -0.2) is 9.18 Å². The van der Waals surface area contributed by atoms with Crippen LogP contribution in [0.1, 0.15) is 40.5 Å². The molecule has 4 rings (SSSR count). The van der Waals surface area contributed by atoms with Gasteiger partial charge in [-0.3, -0.25) is 4.90 Å².